The van der Waals surface area contributed by atoms with Gasteiger partial charge in [0.2, 0.25) is 0 Å². The zero-order valence-electron chi connectivity index (χ0n) is 9.71. The Labute approximate surface area is 87.6 Å². The Hall–Kier alpha value is -0.500. The molecule has 2 fully saturated rings. The summed E-state index contributed by atoms with van der Waals surface area (Å²) in [5.41, 5.74) is 1.69. The maximum absolute atomic E-state index is 4.13. The predicted molar refractivity (Wildman–Crippen MR) is 60.2 cm³/mol. The SMILES string of the molecule is C=C1CCC2CN(C(C)(C)C)CCN12. The molecule has 14 heavy (non-hydrogen) atoms. The first-order valence-corrected chi connectivity index (χ1v) is 5.68. The van der Waals surface area contributed by atoms with Gasteiger partial charge in [-0.2, -0.15) is 0 Å². The predicted octanol–water partition coefficient (Wildman–Crippen LogP) is 2.08. The summed E-state index contributed by atoms with van der Waals surface area (Å²) in [7, 11) is 0. The molecule has 0 bridgehead atoms. The number of allylic oxidation sites excluding steroid dienone is 1. The van der Waals surface area contributed by atoms with Gasteiger partial charge in [0.15, 0.2) is 0 Å². The highest BCUT2D eigenvalue weighted by Crippen LogP contribution is 2.31. The fourth-order valence-electron chi connectivity index (χ4n) is 2.60. The Kier molecular flexibility index (Phi) is 2.34. The Morgan fingerprint density at radius 3 is 2.64 bits per heavy atom. The second kappa shape index (κ2) is 3.27. The summed E-state index contributed by atoms with van der Waals surface area (Å²) >= 11 is 0. The molecule has 2 heteroatoms. The molecule has 2 rings (SSSR count). The van der Waals surface area contributed by atoms with Gasteiger partial charge >= 0.3 is 0 Å². The summed E-state index contributed by atoms with van der Waals surface area (Å²) in [4.78, 5) is 5.12. The van der Waals surface area contributed by atoms with E-state index in [1.807, 2.05) is 0 Å². The topological polar surface area (TPSA) is 6.48 Å². The summed E-state index contributed by atoms with van der Waals surface area (Å²) in [6.45, 7) is 14.7. The first-order chi connectivity index (χ1) is 6.48. The smallest absolute Gasteiger partial charge is 0.0418 e. The van der Waals surface area contributed by atoms with Crippen LogP contribution in [-0.2, 0) is 0 Å². The molecule has 2 heterocycles. The molecule has 0 saturated carbocycles. The highest BCUT2D eigenvalue weighted by molar-refractivity contribution is 5.07. The lowest BCUT2D eigenvalue weighted by Crippen LogP contribution is -2.55. The van der Waals surface area contributed by atoms with Gasteiger partial charge in [-0.05, 0) is 33.6 Å². The molecule has 0 N–H and O–H groups in total. The van der Waals surface area contributed by atoms with Crippen molar-refractivity contribution in [1.29, 1.82) is 0 Å². The average Bonchev–Trinajstić information content (AvgIpc) is 2.46. The van der Waals surface area contributed by atoms with Crippen LogP contribution in [-0.4, -0.2) is 41.0 Å². The van der Waals surface area contributed by atoms with E-state index in [-0.39, 0.29) is 0 Å². The summed E-state index contributed by atoms with van der Waals surface area (Å²) in [6.07, 6.45) is 2.52. The minimum absolute atomic E-state index is 0.329. The van der Waals surface area contributed by atoms with Crippen molar-refractivity contribution in [2.24, 2.45) is 0 Å². The lowest BCUT2D eigenvalue weighted by Gasteiger charge is -2.45. The lowest BCUT2D eigenvalue weighted by molar-refractivity contribution is 0.0510. The molecule has 0 radical (unpaired) electrons. The number of piperazine rings is 1. The monoisotopic (exact) mass is 194 g/mol. The Balaban J connectivity index is 2.03. The molecule has 2 aliphatic heterocycles. The van der Waals surface area contributed by atoms with Gasteiger partial charge in [0.05, 0.1) is 0 Å². The third-order valence-corrected chi connectivity index (χ3v) is 3.60. The molecule has 0 spiro atoms. The quantitative estimate of drug-likeness (QED) is 0.582. The molecule has 0 aromatic heterocycles. The molecule has 0 aliphatic carbocycles. The molecular weight excluding hydrogens is 172 g/mol. The fraction of sp³-hybridized carbons (Fsp3) is 0.833. The molecule has 80 valence electrons. The number of hydrogen-bond acceptors (Lipinski definition) is 2. The van der Waals surface area contributed by atoms with E-state index in [1.165, 1.54) is 38.2 Å². The highest BCUT2D eigenvalue weighted by Gasteiger charge is 2.35. The van der Waals surface area contributed by atoms with Crippen LogP contribution in [0, 0.1) is 0 Å². The van der Waals surface area contributed by atoms with Gasteiger partial charge < -0.3 is 4.90 Å². The van der Waals surface area contributed by atoms with Gasteiger partial charge in [0.1, 0.15) is 0 Å². The van der Waals surface area contributed by atoms with Gasteiger partial charge in [-0.15, -0.1) is 0 Å². The van der Waals surface area contributed by atoms with E-state index in [0.717, 1.165) is 6.04 Å². The largest absolute Gasteiger partial charge is 0.370 e. The molecule has 1 atom stereocenters. The second-order valence-electron chi connectivity index (χ2n) is 5.57. The standard InChI is InChI=1S/C12H22N2/c1-10-5-6-11-9-13(12(2,3)4)7-8-14(10)11/h11H,1,5-9H2,2-4H3. The average molecular weight is 194 g/mol. The van der Waals surface area contributed by atoms with Crippen molar-refractivity contribution in [3.05, 3.63) is 12.3 Å². The fourth-order valence-corrected chi connectivity index (χ4v) is 2.60. The normalized spacial score (nSPS) is 29.5. The van der Waals surface area contributed by atoms with E-state index in [9.17, 15) is 0 Å². The van der Waals surface area contributed by atoms with Crippen LogP contribution in [0.5, 0.6) is 0 Å². The first-order valence-electron chi connectivity index (χ1n) is 5.68. The van der Waals surface area contributed by atoms with Crippen LogP contribution in [0.3, 0.4) is 0 Å². The molecule has 1 unspecified atom stereocenters. The van der Waals surface area contributed by atoms with Crippen molar-refractivity contribution in [3.8, 4) is 0 Å². The Morgan fingerprint density at radius 1 is 1.29 bits per heavy atom. The summed E-state index contributed by atoms with van der Waals surface area (Å²) in [5.74, 6) is 0. The van der Waals surface area contributed by atoms with Crippen LogP contribution in [0.25, 0.3) is 0 Å². The van der Waals surface area contributed by atoms with E-state index >= 15 is 0 Å². The van der Waals surface area contributed by atoms with Crippen LogP contribution in [0.4, 0.5) is 0 Å². The summed E-state index contributed by atoms with van der Waals surface area (Å²) < 4.78 is 0. The molecule has 0 aromatic carbocycles. The molecular formula is C12H22N2. The number of nitrogens with zero attached hydrogens (tertiary/aromatic N) is 2. The van der Waals surface area contributed by atoms with Crippen LogP contribution >= 0.6 is 0 Å². The zero-order valence-corrected chi connectivity index (χ0v) is 9.71. The number of rotatable bonds is 0. The zero-order chi connectivity index (χ0) is 10.3. The van der Waals surface area contributed by atoms with E-state index in [0.29, 0.717) is 5.54 Å². The van der Waals surface area contributed by atoms with Crippen LogP contribution in [0.1, 0.15) is 33.6 Å². The van der Waals surface area contributed by atoms with Gasteiger partial charge in [-0.1, -0.05) is 6.58 Å². The second-order valence-corrected chi connectivity index (χ2v) is 5.57. The lowest BCUT2D eigenvalue weighted by atomic mass is 10.0. The van der Waals surface area contributed by atoms with Crippen LogP contribution in [0.2, 0.25) is 0 Å². The van der Waals surface area contributed by atoms with E-state index in [1.54, 1.807) is 0 Å². The van der Waals surface area contributed by atoms with Crippen molar-refractivity contribution >= 4 is 0 Å². The van der Waals surface area contributed by atoms with Crippen molar-refractivity contribution < 1.29 is 0 Å². The Bertz CT molecular complexity index is 239. The maximum atomic E-state index is 4.13. The minimum atomic E-state index is 0.329. The number of fused-ring (bicyclic) bond motifs is 1. The molecule has 2 saturated heterocycles. The van der Waals surface area contributed by atoms with Crippen molar-refractivity contribution in [1.82, 2.24) is 9.80 Å². The van der Waals surface area contributed by atoms with Crippen LogP contribution in [0.15, 0.2) is 12.3 Å². The van der Waals surface area contributed by atoms with Crippen molar-refractivity contribution in [2.75, 3.05) is 19.6 Å². The maximum Gasteiger partial charge on any atom is 0.0418 e. The molecule has 2 nitrogen and oxygen atoms in total. The third kappa shape index (κ3) is 1.68. The van der Waals surface area contributed by atoms with Gasteiger partial charge in [0, 0.05) is 36.9 Å². The van der Waals surface area contributed by atoms with Gasteiger partial charge in [0.25, 0.3) is 0 Å². The minimum Gasteiger partial charge on any atom is -0.370 e. The Morgan fingerprint density at radius 2 is 2.00 bits per heavy atom. The van der Waals surface area contributed by atoms with Crippen molar-refractivity contribution in [3.63, 3.8) is 0 Å². The van der Waals surface area contributed by atoms with Crippen LogP contribution < -0.4 is 0 Å². The summed E-state index contributed by atoms with van der Waals surface area (Å²) in [6, 6.07) is 0.746. The molecule has 0 aromatic rings. The van der Waals surface area contributed by atoms with Gasteiger partial charge in [-0.25, -0.2) is 0 Å². The third-order valence-electron chi connectivity index (χ3n) is 3.60. The molecule has 0 amide bonds. The van der Waals surface area contributed by atoms with Crippen molar-refractivity contribution in [2.45, 2.75) is 45.2 Å². The molecule has 2 aliphatic rings. The van der Waals surface area contributed by atoms with E-state index < -0.39 is 0 Å². The first kappa shape index (κ1) is 10.0. The summed E-state index contributed by atoms with van der Waals surface area (Å²) in [5, 5.41) is 0. The van der Waals surface area contributed by atoms with Gasteiger partial charge in [-0.3, -0.25) is 4.90 Å². The van der Waals surface area contributed by atoms with E-state index in [2.05, 4.69) is 37.1 Å². The highest BCUT2D eigenvalue weighted by atomic mass is 15.3. The van der Waals surface area contributed by atoms with E-state index in [4.69, 9.17) is 0 Å². The number of hydrogen-bond donors (Lipinski definition) is 0.